The Morgan fingerprint density at radius 3 is 2.66 bits per heavy atom. The summed E-state index contributed by atoms with van der Waals surface area (Å²) in [6, 6.07) is 18.8. The lowest BCUT2D eigenvalue weighted by Crippen LogP contribution is -2.48. The number of halogens is 1. The van der Waals surface area contributed by atoms with Crippen molar-refractivity contribution in [3.63, 3.8) is 0 Å². The lowest BCUT2D eigenvalue weighted by atomic mass is 10.1. The highest BCUT2D eigenvalue weighted by atomic mass is 19.1. The van der Waals surface area contributed by atoms with Gasteiger partial charge in [-0.1, -0.05) is 30.3 Å². The number of anilines is 1. The van der Waals surface area contributed by atoms with Crippen molar-refractivity contribution >= 4 is 11.6 Å². The maximum Gasteiger partial charge on any atom is 0.232 e. The molecule has 0 radical (unpaired) electrons. The molecule has 0 aliphatic carbocycles. The second-order valence-corrected chi connectivity index (χ2v) is 8.43. The average Bonchev–Trinajstić information content (AvgIpc) is 2.79. The molecular formula is C26H29FN4O. The van der Waals surface area contributed by atoms with E-state index in [2.05, 4.69) is 34.3 Å². The minimum atomic E-state index is -0.281. The van der Waals surface area contributed by atoms with Crippen LogP contribution < -0.4 is 10.2 Å². The molecule has 1 aromatic heterocycles. The van der Waals surface area contributed by atoms with Crippen molar-refractivity contribution in [2.75, 3.05) is 31.6 Å². The Kier molecular flexibility index (Phi) is 6.93. The summed E-state index contributed by atoms with van der Waals surface area (Å²) in [5.74, 6) is -0.309. The summed E-state index contributed by atoms with van der Waals surface area (Å²) in [6.07, 6.45) is 1.89. The van der Waals surface area contributed by atoms with Crippen molar-refractivity contribution in [2.24, 2.45) is 0 Å². The van der Waals surface area contributed by atoms with E-state index in [0.29, 0.717) is 11.7 Å². The van der Waals surface area contributed by atoms with Crippen LogP contribution in [-0.2, 0) is 17.8 Å². The summed E-state index contributed by atoms with van der Waals surface area (Å²) in [5, 5.41) is 3.46. The smallest absolute Gasteiger partial charge is 0.232 e. The summed E-state index contributed by atoms with van der Waals surface area (Å²) in [7, 11) is 1.79. The van der Waals surface area contributed by atoms with E-state index in [-0.39, 0.29) is 18.1 Å². The van der Waals surface area contributed by atoms with Crippen LogP contribution in [0.3, 0.4) is 0 Å². The van der Waals surface area contributed by atoms with Crippen molar-refractivity contribution < 1.29 is 9.18 Å². The number of hydrogen-bond donors (Lipinski definition) is 1. The van der Waals surface area contributed by atoms with E-state index in [1.165, 1.54) is 17.7 Å². The number of benzene rings is 2. The molecule has 1 aliphatic rings. The molecule has 1 fully saturated rings. The molecule has 0 bridgehead atoms. The fourth-order valence-electron chi connectivity index (χ4n) is 4.02. The molecule has 3 aromatic rings. The molecule has 0 unspecified atom stereocenters. The largest absolute Gasteiger partial charge is 0.315 e. The monoisotopic (exact) mass is 432 g/mol. The molecule has 5 nitrogen and oxygen atoms in total. The number of rotatable bonds is 6. The van der Waals surface area contributed by atoms with Crippen LogP contribution in [0.5, 0.6) is 0 Å². The van der Waals surface area contributed by atoms with Gasteiger partial charge in [0.15, 0.2) is 0 Å². The Morgan fingerprint density at radius 1 is 1.16 bits per heavy atom. The van der Waals surface area contributed by atoms with Crippen LogP contribution in [0.4, 0.5) is 10.1 Å². The molecule has 1 amide bonds. The molecule has 2 heterocycles. The van der Waals surface area contributed by atoms with Crippen LogP contribution in [0.15, 0.2) is 66.9 Å². The third-order valence-corrected chi connectivity index (χ3v) is 5.87. The van der Waals surface area contributed by atoms with E-state index >= 15 is 0 Å². The molecule has 0 spiro atoms. The van der Waals surface area contributed by atoms with Gasteiger partial charge in [-0.05, 0) is 48.4 Å². The topological polar surface area (TPSA) is 48.5 Å². The second-order valence-electron chi connectivity index (χ2n) is 8.43. The molecule has 1 saturated heterocycles. The quantitative estimate of drug-likeness (QED) is 0.642. The van der Waals surface area contributed by atoms with E-state index in [9.17, 15) is 9.18 Å². The Balaban J connectivity index is 1.35. The lowest BCUT2D eigenvalue weighted by molar-refractivity contribution is -0.117. The normalized spacial score (nSPS) is 16.7. The van der Waals surface area contributed by atoms with Gasteiger partial charge in [-0.25, -0.2) is 4.39 Å². The summed E-state index contributed by atoms with van der Waals surface area (Å²) in [6.45, 7) is 6.25. The molecule has 1 atom stereocenters. The predicted molar refractivity (Wildman–Crippen MR) is 126 cm³/mol. The minimum absolute atomic E-state index is 0.0281. The highest BCUT2D eigenvalue weighted by Crippen LogP contribution is 2.20. The van der Waals surface area contributed by atoms with E-state index in [0.717, 1.165) is 43.0 Å². The molecule has 32 heavy (non-hydrogen) atoms. The minimum Gasteiger partial charge on any atom is -0.315 e. The summed E-state index contributed by atoms with van der Waals surface area (Å²) < 4.78 is 13.4. The first kappa shape index (κ1) is 22.1. The van der Waals surface area contributed by atoms with Gasteiger partial charge in [-0.15, -0.1) is 0 Å². The third kappa shape index (κ3) is 5.58. The second kappa shape index (κ2) is 10.0. The van der Waals surface area contributed by atoms with Crippen LogP contribution in [0.1, 0.15) is 18.2 Å². The Bertz CT molecular complexity index is 1050. The number of hydrogen-bond acceptors (Lipinski definition) is 4. The van der Waals surface area contributed by atoms with Gasteiger partial charge in [0, 0.05) is 62.4 Å². The molecule has 166 valence electrons. The van der Waals surface area contributed by atoms with E-state index in [1.54, 1.807) is 24.2 Å². The number of carbonyl (C=O) groups is 1. The predicted octanol–water partition coefficient (Wildman–Crippen LogP) is 3.89. The SMILES string of the molecule is C[C@H]1CN(Cc2ccc(N(C)C(=O)Cc3ccc(-c4cccc(F)c4)cn3)cc2)CCN1. The summed E-state index contributed by atoms with van der Waals surface area (Å²) >= 11 is 0. The molecule has 0 saturated carbocycles. The van der Waals surface area contributed by atoms with Crippen molar-refractivity contribution in [1.29, 1.82) is 0 Å². The van der Waals surface area contributed by atoms with Crippen molar-refractivity contribution in [1.82, 2.24) is 15.2 Å². The molecule has 1 N–H and O–H groups in total. The van der Waals surface area contributed by atoms with E-state index < -0.39 is 0 Å². The number of likely N-dealkylation sites (N-methyl/N-ethyl adjacent to an activating group) is 1. The number of carbonyl (C=O) groups excluding carboxylic acids is 1. The lowest BCUT2D eigenvalue weighted by Gasteiger charge is -2.31. The zero-order valence-electron chi connectivity index (χ0n) is 18.6. The van der Waals surface area contributed by atoms with Gasteiger partial charge in [0.05, 0.1) is 6.42 Å². The maximum atomic E-state index is 13.4. The number of nitrogens with one attached hydrogen (secondary N) is 1. The van der Waals surface area contributed by atoms with Gasteiger partial charge >= 0.3 is 0 Å². The zero-order valence-corrected chi connectivity index (χ0v) is 18.6. The first-order valence-corrected chi connectivity index (χ1v) is 11.0. The molecule has 4 rings (SSSR count). The van der Waals surface area contributed by atoms with Crippen molar-refractivity contribution in [3.05, 3.63) is 83.9 Å². The highest BCUT2D eigenvalue weighted by Gasteiger charge is 2.16. The zero-order chi connectivity index (χ0) is 22.5. The standard InChI is InChI=1S/C26H29FN4O/c1-19-17-31(13-12-28-19)18-20-6-10-25(11-7-20)30(2)26(32)15-24-9-8-22(16-29-24)21-4-3-5-23(27)14-21/h3-11,14,16,19,28H,12-13,15,17-18H2,1-2H3/t19-/m0/s1. The van der Waals surface area contributed by atoms with Gasteiger partial charge in [-0.3, -0.25) is 14.7 Å². The number of pyridine rings is 1. The van der Waals surface area contributed by atoms with Gasteiger partial charge in [0.25, 0.3) is 0 Å². The van der Waals surface area contributed by atoms with Crippen molar-refractivity contribution in [3.8, 4) is 11.1 Å². The van der Waals surface area contributed by atoms with Gasteiger partial charge in [0.1, 0.15) is 5.82 Å². The third-order valence-electron chi connectivity index (χ3n) is 5.87. The average molecular weight is 433 g/mol. The molecular weight excluding hydrogens is 403 g/mol. The number of amides is 1. The maximum absolute atomic E-state index is 13.4. The van der Waals surface area contributed by atoms with Gasteiger partial charge in [-0.2, -0.15) is 0 Å². The number of nitrogens with zero attached hydrogens (tertiary/aromatic N) is 3. The van der Waals surface area contributed by atoms with E-state index in [4.69, 9.17) is 0 Å². The first-order chi connectivity index (χ1) is 15.5. The van der Waals surface area contributed by atoms with Crippen LogP contribution in [0, 0.1) is 5.82 Å². The summed E-state index contributed by atoms with van der Waals surface area (Å²) in [4.78, 5) is 21.3. The Morgan fingerprint density at radius 2 is 1.97 bits per heavy atom. The Labute approximate surface area is 188 Å². The fraction of sp³-hybridized carbons (Fsp3) is 0.308. The number of piperazine rings is 1. The molecule has 1 aliphatic heterocycles. The number of aromatic nitrogens is 1. The van der Waals surface area contributed by atoms with Crippen LogP contribution >= 0.6 is 0 Å². The molecule has 2 aromatic carbocycles. The van der Waals surface area contributed by atoms with Crippen LogP contribution in [-0.4, -0.2) is 48.5 Å². The molecule has 6 heteroatoms. The first-order valence-electron chi connectivity index (χ1n) is 11.0. The highest BCUT2D eigenvalue weighted by molar-refractivity contribution is 5.94. The van der Waals surface area contributed by atoms with Gasteiger partial charge < -0.3 is 10.2 Å². The Hall–Kier alpha value is -3.09. The van der Waals surface area contributed by atoms with Crippen LogP contribution in [0.2, 0.25) is 0 Å². The van der Waals surface area contributed by atoms with Crippen molar-refractivity contribution in [2.45, 2.75) is 25.9 Å². The van der Waals surface area contributed by atoms with Gasteiger partial charge in [0.2, 0.25) is 5.91 Å². The van der Waals surface area contributed by atoms with Crippen LogP contribution in [0.25, 0.3) is 11.1 Å². The fourth-order valence-corrected chi connectivity index (χ4v) is 4.02. The summed E-state index contributed by atoms with van der Waals surface area (Å²) in [5.41, 5.74) is 4.39. The van der Waals surface area contributed by atoms with E-state index in [1.807, 2.05) is 30.3 Å².